The summed E-state index contributed by atoms with van der Waals surface area (Å²) in [6, 6.07) is 7.85. The normalized spacial score (nSPS) is 22.8. The van der Waals surface area contributed by atoms with Crippen LogP contribution in [0.1, 0.15) is 18.0 Å². The van der Waals surface area contributed by atoms with Crippen molar-refractivity contribution < 1.29 is 17.9 Å². The summed E-state index contributed by atoms with van der Waals surface area (Å²) in [7, 11) is 1.67. The van der Waals surface area contributed by atoms with Crippen LogP contribution in [0, 0.1) is 0 Å². The number of likely N-dealkylation sites (tertiary alicyclic amines) is 1. The molecule has 0 aliphatic carbocycles. The molecule has 6 nitrogen and oxygen atoms in total. The molecule has 0 aromatic heterocycles. The zero-order chi connectivity index (χ0) is 21.6. The Bertz CT molecular complexity index is 695. The van der Waals surface area contributed by atoms with Crippen LogP contribution in [0.25, 0.3) is 0 Å². The first kappa shape index (κ1) is 23.1. The van der Waals surface area contributed by atoms with E-state index >= 15 is 0 Å². The molecule has 2 aliphatic heterocycles. The Kier molecular flexibility index (Phi) is 8.21. The maximum absolute atomic E-state index is 12.6. The number of hydrogen-bond donors (Lipinski definition) is 2. The fraction of sp³-hybridized carbons (Fsp3) is 0.650. The van der Waals surface area contributed by atoms with E-state index in [2.05, 4.69) is 20.5 Å². The Morgan fingerprint density at radius 3 is 2.57 bits per heavy atom. The molecule has 0 saturated carbocycles. The van der Waals surface area contributed by atoms with E-state index in [1.165, 1.54) is 4.90 Å². The number of morpholine rings is 1. The van der Waals surface area contributed by atoms with Crippen molar-refractivity contribution in [3.63, 3.8) is 0 Å². The second-order valence-corrected chi connectivity index (χ2v) is 8.09. The number of rotatable bonds is 6. The summed E-state index contributed by atoms with van der Waals surface area (Å²) in [6.45, 7) is 3.56. The highest BCUT2D eigenvalue weighted by Crippen LogP contribution is 2.23. The van der Waals surface area contributed by atoms with Crippen molar-refractivity contribution in [2.45, 2.75) is 24.7 Å². The molecule has 3 rings (SSSR count). The lowest BCUT2D eigenvalue weighted by Crippen LogP contribution is -2.49. The van der Waals surface area contributed by atoms with Gasteiger partial charge in [0.15, 0.2) is 5.96 Å². The fourth-order valence-corrected chi connectivity index (χ4v) is 4.09. The molecule has 2 N–H and O–H groups in total. The van der Waals surface area contributed by atoms with Gasteiger partial charge in [-0.25, -0.2) is 0 Å². The van der Waals surface area contributed by atoms with Crippen molar-refractivity contribution in [1.82, 2.24) is 20.4 Å². The van der Waals surface area contributed by atoms with Crippen molar-refractivity contribution in [3.8, 4) is 0 Å². The molecule has 2 atom stereocenters. The highest BCUT2D eigenvalue weighted by atomic mass is 35.5. The van der Waals surface area contributed by atoms with Gasteiger partial charge in [-0.2, -0.15) is 13.2 Å². The van der Waals surface area contributed by atoms with E-state index in [9.17, 15) is 13.2 Å². The summed E-state index contributed by atoms with van der Waals surface area (Å²) in [6.07, 6.45) is -3.51. The van der Waals surface area contributed by atoms with Crippen molar-refractivity contribution in [2.24, 2.45) is 4.99 Å². The molecule has 10 heteroatoms. The number of halogens is 4. The van der Waals surface area contributed by atoms with Gasteiger partial charge in [-0.15, -0.1) is 0 Å². The molecule has 1 aromatic carbocycles. The lowest BCUT2D eigenvalue weighted by Gasteiger charge is -2.35. The number of ether oxygens (including phenoxy) is 1. The van der Waals surface area contributed by atoms with Gasteiger partial charge in [0.25, 0.3) is 0 Å². The Morgan fingerprint density at radius 1 is 1.23 bits per heavy atom. The molecule has 0 spiro atoms. The number of alkyl halides is 3. The minimum Gasteiger partial charge on any atom is -0.379 e. The van der Waals surface area contributed by atoms with Crippen LogP contribution in [0.2, 0.25) is 5.02 Å². The average Bonchev–Trinajstić information content (AvgIpc) is 3.14. The summed E-state index contributed by atoms with van der Waals surface area (Å²) < 4.78 is 43.3. The van der Waals surface area contributed by atoms with Crippen LogP contribution in [0.5, 0.6) is 0 Å². The van der Waals surface area contributed by atoms with Crippen LogP contribution in [0.15, 0.2) is 29.3 Å². The Balaban J connectivity index is 1.57. The van der Waals surface area contributed by atoms with Gasteiger partial charge in [0.1, 0.15) is 0 Å². The molecule has 168 valence electrons. The van der Waals surface area contributed by atoms with Gasteiger partial charge < -0.3 is 15.4 Å². The first-order valence-corrected chi connectivity index (χ1v) is 10.6. The zero-order valence-electron chi connectivity index (χ0n) is 17.1. The summed E-state index contributed by atoms with van der Waals surface area (Å²) in [5, 5.41) is 7.31. The minimum absolute atomic E-state index is 0.0593. The highest BCUT2D eigenvalue weighted by Gasteiger charge is 2.34. The van der Waals surface area contributed by atoms with Gasteiger partial charge in [-0.05, 0) is 24.1 Å². The largest absolute Gasteiger partial charge is 0.401 e. The van der Waals surface area contributed by atoms with E-state index < -0.39 is 12.7 Å². The van der Waals surface area contributed by atoms with Gasteiger partial charge in [-0.3, -0.25) is 14.8 Å². The third kappa shape index (κ3) is 7.01. The molecule has 2 fully saturated rings. The second-order valence-electron chi connectivity index (χ2n) is 7.65. The van der Waals surface area contributed by atoms with E-state index in [1.807, 2.05) is 24.3 Å². The molecular weight excluding hydrogens is 419 g/mol. The van der Waals surface area contributed by atoms with Crippen LogP contribution < -0.4 is 10.6 Å². The van der Waals surface area contributed by atoms with E-state index in [-0.39, 0.29) is 12.1 Å². The minimum atomic E-state index is -4.17. The predicted octanol–water partition coefficient (Wildman–Crippen LogP) is 2.51. The van der Waals surface area contributed by atoms with Gasteiger partial charge in [0.2, 0.25) is 0 Å². The van der Waals surface area contributed by atoms with Crippen LogP contribution in [0.3, 0.4) is 0 Å². The fourth-order valence-electron chi connectivity index (χ4n) is 3.96. The van der Waals surface area contributed by atoms with Gasteiger partial charge in [0.05, 0.1) is 25.8 Å². The molecule has 0 bridgehead atoms. The van der Waals surface area contributed by atoms with Gasteiger partial charge in [-0.1, -0.05) is 23.7 Å². The van der Waals surface area contributed by atoms with Gasteiger partial charge >= 0.3 is 6.18 Å². The average molecular weight is 448 g/mol. The van der Waals surface area contributed by atoms with Crippen molar-refractivity contribution >= 4 is 17.6 Å². The van der Waals surface area contributed by atoms with Crippen LogP contribution >= 0.6 is 11.6 Å². The Hall–Kier alpha value is -1.55. The first-order valence-electron chi connectivity index (χ1n) is 10.2. The SMILES string of the molecule is CN=C(NCC(c1ccc(Cl)cc1)N1CCOCC1)NC1CCN(CC(F)(F)F)C1. The monoisotopic (exact) mass is 447 g/mol. The lowest BCUT2D eigenvalue weighted by atomic mass is 10.0. The van der Waals surface area contributed by atoms with E-state index in [0.717, 1.165) is 18.7 Å². The first-order chi connectivity index (χ1) is 14.3. The van der Waals surface area contributed by atoms with Crippen molar-refractivity contribution in [3.05, 3.63) is 34.9 Å². The topological polar surface area (TPSA) is 52.1 Å². The molecular formula is C20H29ClF3N5O. The molecule has 0 amide bonds. The van der Waals surface area contributed by atoms with Crippen molar-refractivity contribution in [1.29, 1.82) is 0 Å². The molecule has 2 heterocycles. The molecule has 2 unspecified atom stereocenters. The van der Waals surface area contributed by atoms with Crippen LogP contribution in [0.4, 0.5) is 13.2 Å². The van der Waals surface area contributed by atoms with Crippen LogP contribution in [-0.4, -0.2) is 87.5 Å². The van der Waals surface area contributed by atoms with Crippen LogP contribution in [-0.2, 0) is 4.74 Å². The van der Waals surface area contributed by atoms with Gasteiger partial charge in [0, 0.05) is 50.8 Å². The number of aliphatic imine (C=N–C) groups is 1. The molecule has 2 saturated heterocycles. The van der Waals surface area contributed by atoms with E-state index in [1.54, 1.807) is 7.05 Å². The number of hydrogen-bond acceptors (Lipinski definition) is 4. The number of nitrogens with zero attached hydrogens (tertiary/aromatic N) is 3. The molecule has 1 aromatic rings. The second kappa shape index (κ2) is 10.7. The summed E-state index contributed by atoms with van der Waals surface area (Å²) in [5.41, 5.74) is 1.14. The lowest BCUT2D eigenvalue weighted by molar-refractivity contribution is -0.143. The van der Waals surface area contributed by atoms with E-state index in [0.29, 0.717) is 50.3 Å². The predicted molar refractivity (Wildman–Crippen MR) is 112 cm³/mol. The number of nitrogens with one attached hydrogen (secondary N) is 2. The third-order valence-corrected chi connectivity index (χ3v) is 5.70. The zero-order valence-corrected chi connectivity index (χ0v) is 17.8. The molecule has 2 aliphatic rings. The summed E-state index contributed by atoms with van der Waals surface area (Å²) in [5.74, 6) is 0.598. The Morgan fingerprint density at radius 2 is 1.93 bits per heavy atom. The quantitative estimate of drug-likeness (QED) is 0.518. The maximum Gasteiger partial charge on any atom is 0.401 e. The summed E-state index contributed by atoms with van der Waals surface area (Å²) in [4.78, 5) is 8.05. The molecule has 0 radical (unpaired) electrons. The smallest absolute Gasteiger partial charge is 0.379 e. The third-order valence-electron chi connectivity index (χ3n) is 5.44. The summed E-state index contributed by atoms with van der Waals surface area (Å²) >= 11 is 6.05. The van der Waals surface area contributed by atoms with E-state index in [4.69, 9.17) is 16.3 Å². The van der Waals surface area contributed by atoms with Crippen molar-refractivity contribution in [2.75, 3.05) is 59.5 Å². The standard InChI is InChI=1S/C20H29ClF3N5O/c1-25-19(27-17-6-7-28(13-17)14-20(22,23)24)26-12-18(29-8-10-30-11-9-29)15-2-4-16(21)5-3-15/h2-5,17-18H,6-14H2,1H3,(H2,25,26,27). The number of benzene rings is 1. The Labute approximate surface area is 180 Å². The highest BCUT2D eigenvalue weighted by molar-refractivity contribution is 6.30. The number of guanidine groups is 1. The maximum atomic E-state index is 12.6. The molecule has 30 heavy (non-hydrogen) atoms.